The van der Waals surface area contributed by atoms with Gasteiger partial charge in [0.05, 0.1) is 25.6 Å². The van der Waals surface area contributed by atoms with E-state index in [1.54, 1.807) is 35.1 Å². The van der Waals surface area contributed by atoms with Gasteiger partial charge in [0.15, 0.2) is 0 Å². The Bertz CT molecular complexity index is 1060. The zero-order valence-electron chi connectivity index (χ0n) is 15.4. The Labute approximate surface area is 163 Å². The molecule has 2 N–H and O–H groups in total. The average Bonchev–Trinajstić information content (AvgIpc) is 3.15. The zero-order chi connectivity index (χ0) is 20.1. The van der Waals surface area contributed by atoms with Gasteiger partial charge in [0.1, 0.15) is 5.75 Å². The number of nitrogens with zero attached hydrogens (tertiary/aromatic N) is 2. The zero-order valence-corrected chi connectivity index (χ0v) is 16.2. The van der Waals surface area contributed by atoms with Crippen LogP contribution in [-0.2, 0) is 16.6 Å². The summed E-state index contributed by atoms with van der Waals surface area (Å²) in [4.78, 5) is 12.5. The van der Waals surface area contributed by atoms with Crippen molar-refractivity contribution in [1.82, 2.24) is 9.78 Å². The quantitative estimate of drug-likeness (QED) is 0.635. The van der Waals surface area contributed by atoms with Crippen molar-refractivity contribution >= 4 is 27.3 Å². The van der Waals surface area contributed by atoms with Gasteiger partial charge in [-0.1, -0.05) is 12.1 Å². The van der Waals surface area contributed by atoms with Gasteiger partial charge in [0.25, 0.3) is 5.91 Å². The normalized spacial score (nSPS) is 11.1. The van der Waals surface area contributed by atoms with Crippen molar-refractivity contribution in [2.24, 2.45) is 0 Å². The lowest BCUT2D eigenvalue weighted by Gasteiger charge is -2.12. The van der Waals surface area contributed by atoms with E-state index in [9.17, 15) is 13.2 Å². The first-order valence-corrected chi connectivity index (χ1v) is 10.3. The number of methoxy groups -OCH3 is 1. The monoisotopic (exact) mass is 400 g/mol. The Morgan fingerprint density at radius 1 is 1.18 bits per heavy atom. The number of rotatable bonds is 7. The van der Waals surface area contributed by atoms with Gasteiger partial charge >= 0.3 is 0 Å². The van der Waals surface area contributed by atoms with Crippen molar-refractivity contribution in [3.63, 3.8) is 0 Å². The van der Waals surface area contributed by atoms with Crippen LogP contribution < -0.4 is 14.8 Å². The second-order valence-corrected chi connectivity index (χ2v) is 7.89. The number of benzene rings is 2. The first-order valence-electron chi connectivity index (χ1n) is 8.37. The lowest BCUT2D eigenvalue weighted by Crippen LogP contribution is -2.13. The molecule has 0 aliphatic carbocycles. The van der Waals surface area contributed by atoms with Crippen LogP contribution in [0.3, 0.4) is 0 Å². The van der Waals surface area contributed by atoms with Crippen LogP contribution in [0.4, 0.5) is 11.4 Å². The molecular weight excluding hydrogens is 380 g/mol. The van der Waals surface area contributed by atoms with Crippen molar-refractivity contribution in [3.05, 3.63) is 72.1 Å². The second-order valence-electron chi connectivity index (χ2n) is 6.14. The first kappa shape index (κ1) is 19.4. The summed E-state index contributed by atoms with van der Waals surface area (Å²) in [6.07, 6.45) is 4.64. The van der Waals surface area contributed by atoms with Gasteiger partial charge in [-0.15, -0.1) is 0 Å². The van der Waals surface area contributed by atoms with Crippen LogP contribution in [-0.4, -0.2) is 37.5 Å². The van der Waals surface area contributed by atoms with E-state index < -0.39 is 10.0 Å². The topological polar surface area (TPSA) is 102 Å². The standard InChI is InChI=1S/C19H20N4O4S/c1-27-18-12-16(8-9-17(18)22-28(2,25)26)21-19(24)15-6-4-14(5-7-15)13-23-11-3-10-20-23/h3-12,22H,13H2,1-2H3,(H,21,24). The molecule has 1 amide bonds. The number of hydrogen-bond acceptors (Lipinski definition) is 5. The number of carbonyl (C=O) groups is 1. The SMILES string of the molecule is COc1cc(NC(=O)c2ccc(Cn3cccn3)cc2)ccc1NS(C)(=O)=O. The fraction of sp³-hybridized carbons (Fsp3) is 0.158. The van der Waals surface area contributed by atoms with E-state index in [0.29, 0.717) is 29.2 Å². The highest BCUT2D eigenvalue weighted by molar-refractivity contribution is 7.92. The van der Waals surface area contributed by atoms with Crippen LogP contribution in [0.25, 0.3) is 0 Å². The van der Waals surface area contributed by atoms with E-state index in [0.717, 1.165) is 11.8 Å². The Balaban J connectivity index is 1.70. The van der Waals surface area contributed by atoms with Gasteiger partial charge in [-0.25, -0.2) is 8.42 Å². The molecule has 0 radical (unpaired) electrons. The van der Waals surface area contributed by atoms with E-state index in [2.05, 4.69) is 15.1 Å². The van der Waals surface area contributed by atoms with Crippen LogP contribution in [0.2, 0.25) is 0 Å². The van der Waals surface area contributed by atoms with Gasteiger partial charge < -0.3 is 10.1 Å². The van der Waals surface area contributed by atoms with Crippen molar-refractivity contribution in [2.45, 2.75) is 6.54 Å². The Kier molecular flexibility index (Phi) is 5.65. The Morgan fingerprint density at radius 2 is 1.93 bits per heavy atom. The van der Waals surface area contributed by atoms with E-state index in [1.165, 1.54) is 13.2 Å². The highest BCUT2D eigenvalue weighted by Gasteiger charge is 2.11. The molecule has 3 aromatic rings. The maximum absolute atomic E-state index is 12.5. The van der Waals surface area contributed by atoms with Gasteiger partial charge in [0.2, 0.25) is 10.0 Å². The average molecular weight is 400 g/mol. The highest BCUT2D eigenvalue weighted by Crippen LogP contribution is 2.28. The van der Waals surface area contributed by atoms with Crippen LogP contribution >= 0.6 is 0 Å². The molecule has 0 saturated heterocycles. The minimum Gasteiger partial charge on any atom is -0.494 e. The molecule has 0 fully saturated rings. The number of sulfonamides is 1. The fourth-order valence-corrected chi connectivity index (χ4v) is 3.17. The van der Waals surface area contributed by atoms with Crippen LogP contribution in [0.15, 0.2) is 60.9 Å². The predicted octanol–water partition coefficient (Wildman–Crippen LogP) is 2.56. The van der Waals surface area contributed by atoms with Gasteiger partial charge in [0, 0.05) is 29.7 Å². The summed E-state index contributed by atoms with van der Waals surface area (Å²) in [5.41, 5.74) is 2.31. The van der Waals surface area contributed by atoms with Gasteiger partial charge in [-0.05, 0) is 35.9 Å². The molecule has 28 heavy (non-hydrogen) atoms. The molecule has 9 heteroatoms. The molecule has 0 aliphatic heterocycles. The number of ether oxygens (including phenoxy) is 1. The van der Waals surface area contributed by atoms with Crippen molar-refractivity contribution in [1.29, 1.82) is 0 Å². The van der Waals surface area contributed by atoms with E-state index in [-0.39, 0.29) is 5.91 Å². The molecule has 1 aromatic heterocycles. The third kappa shape index (κ3) is 5.10. The smallest absolute Gasteiger partial charge is 0.255 e. The van der Waals surface area contributed by atoms with Crippen LogP contribution in [0, 0.1) is 0 Å². The van der Waals surface area contributed by atoms with Gasteiger partial charge in [-0.2, -0.15) is 5.10 Å². The first-order chi connectivity index (χ1) is 13.3. The molecule has 0 atom stereocenters. The molecule has 146 valence electrons. The molecule has 0 bridgehead atoms. The summed E-state index contributed by atoms with van der Waals surface area (Å²) in [7, 11) is -2.01. The molecule has 1 heterocycles. The molecule has 3 rings (SSSR count). The number of hydrogen-bond donors (Lipinski definition) is 2. The molecule has 0 unspecified atom stereocenters. The second kappa shape index (κ2) is 8.13. The molecule has 0 spiro atoms. The van der Waals surface area contributed by atoms with Crippen molar-refractivity contribution < 1.29 is 17.9 Å². The number of carbonyl (C=O) groups excluding carboxylic acids is 1. The number of amides is 1. The lowest BCUT2D eigenvalue weighted by atomic mass is 10.1. The third-order valence-electron chi connectivity index (χ3n) is 3.87. The molecular formula is C19H20N4O4S. The molecule has 8 nitrogen and oxygen atoms in total. The summed E-state index contributed by atoms with van der Waals surface area (Å²) in [5, 5.41) is 6.93. The summed E-state index contributed by atoms with van der Waals surface area (Å²) >= 11 is 0. The minimum atomic E-state index is -3.44. The number of anilines is 2. The highest BCUT2D eigenvalue weighted by atomic mass is 32.2. The third-order valence-corrected chi connectivity index (χ3v) is 4.47. The minimum absolute atomic E-state index is 0.281. The van der Waals surface area contributed by atoms with Crippen molar-refractivity contribution in [3.8, 4) is 5.75 Å². The summed E-state index contributed by atoms with van der Waals surface area (Å²) in [5.74, 6) is 0.0225. The summed E-state index contributed by atoms with van der Waals surface area (Å²) < 4.78 is 32.2. The van der Waals surface area contributed by atoms with E-state index in [1.807, 2.05) is 24.4 Å². The molecule has 0 saturated carbocycles. The van der Waals surface area contributed by atoms with Crippen LogP contribution in [0.5, 0.6) is 5.75 Å². The summed E-state index contributed by atoms with van der Waals surface area (Å²) in [6.45, 7) is 0.626. The lowest BCUT2D eigenvalue weighted by molar-refractivity contribution is 0.102. The summed E-state index contributed by atoms with van der Waals surface area (Å²) in [6, 6.07) is 13.8. The van der Waals surface area contributed by atoms with E-state index in [4.69, 9.17) is 4.74 Å². The van der Waals surface area contributed by atoms with E-state index >= 15 is 0 Å². The van der Waals surface area contributed by atoms with Gasteiger partial charge in [-0.3, -0.25) is 14.2 Å². The predicted molar refractivity (Wildman–Crippen MR) is 107 cm³/mol. The number of aromatic nitrogens is 2. The Hall–Kier alpha value is -3.33. The maximum Gasteiger partial charge on any atom is 0.255 e. The maximum atomic E-state index is 12.5. The molecule has 2 aromatic carbocycles. The fourth-order valence-electron chi connectivity index (χ4n) is 2.60. The number of nitrogens with one attached hydrogen (secondary N) is 2. The Morgan fingerprint density at radius 3 is 2.54 bits per heavy atom. The van der Waals surface area contributed by atoms with Crippen LogP contribution in [0.1, 0.15) is 15.9 Å². The van der Waals surface area contributed by atoms with Crippen molar-refractivity contribution in [2.75, 3.05) is 23.4 Å². The largest absolute Gasteiger partial charge is 0.494 e. The molecule has 0 aliphatic rings.